The van der Waals surface area contributed by atoms with Crippen molar-refractivity contribution in [1.82, 2.24) is 0 Å². The SMILES string of the molecule is CCOc1ccc(Cc2ccc(C(=O)P(=O)(O)O)s2)cc1. The van der Waals surface area contributed by atoms with Crippen molar-refractivity contribution in [2.45, 2.75) is 13.3 Å². The highest BCUT2D eigenvalue weighted by atomic mass is 32.1. The van der Waals surface area contributed by atoms with E-state index in [4.69, 9.17) is 14.5 Å². The van der Waals surface area contributed by atoms with Crippen molar-refractivity contribution in [2.24, 2.45) is 0 Å². The van der Waals surface area contributed by atoms with Gasteiger partial charge in [-0.1, -0.05) is 12.1 Å². The van der Waals surface area contributed by atoms with Crippen molar-refractivity contribution >= 4 is 24.5 Å². The Kier molecular flexibility index (Phi) is 4.96. The third-order valence-corrected chi connectivity index (χ3v) is 4.76. The van der Waals surface area contributed by atoms with Gasteiger partial charge in [0.05, 0.1) is 11.5 Å². The molecule has 1 aromatic heterocycles. The Labute approximate surface area is 126 Å². The van der Waals surface area contributed by atoms with E-state index < -0.39 is 13.1 Å². The number of carbonyl (C=O) groups is 1. The van der Waals surface area contributed by atoms with E-state index in [9.17, 15) is 9.36 Å². The van der Waals surface area contributed by atoms with Gasteiger partial charge in [-0.25, -0.2) is 0 Å². The van der Waals surface area contributed by atoms with Gasteiger partial charge in [-0.2, -0.15) is 0 Å². The van der Waals surface area contributed by atoms with E-state index in [1.165, 1.54) is 6.07 Å². The average Bonchev–Trinajstić information content (AvgIpc) is 2.88. The topological polar surface area (TPSA) is 83.8 Å². The molecule has 0 aliphatic carbocycles. The van der Waals surface area contributed by atoms with Gasteiger partial charge in [-0.05, 0) is 36.8 Å². The van der Waals surface area contributed by atoms with Crippen LogP contribution in [0.5, 0.6) is 5.75 Å². The molecule has 2 N–H and O–H groups in total. The van der Waals surface area contributed by atoms with Gasteiger partial charge in [-0.3, -0.25) is 9.36 Å². The van der Waals surface area contributed by atoms with Gasteiger partial charge < -0.3 is 14.5 Å². The summed E-state index contributed by atoms with van der Waals surface area (Å²) in [5, 5.41) is 0. The Morgan fingerprint density at radius 2 is 1.86 bits per heavy atom. The molecule has 5 nitrogen and oxygen atoms in total. The van der Waals surface area contributed by atoms with E-state index in [0.29, 0.717) is 13.0 Å². The van der Waals surface area contributed by atoms with E-state index >= 15 is 0 Å². The molecule has 2 aromatic rings. The summed E-state index contributed by atoms with van der Waals surface area (Å²) in [5.74, 6) is 0.796. The maximum Gasteiger partial charge on any atom is 0.397 e. The van der Waals surface area contributed by atoms with Crippen LogP contribution >= 0.6 is 18.9 Å². The van der Waals surface area contributed by atoms with Gasteiger partial charge in [0.2, 0.25) is 0 Å². The van der Waals surface area contributed by atoms with Crippen molar-refractivity contribution in [3.8, 4) is 5.75 Å². The van der Waals surface area contributed by atoms with Crippen LogP contribution in [0.25, 0.3) is 0 Å². The van der Waals surface area contributed by atoms with Crippen LogP contribution in [-0.2, 0) is 11.0 Å². The first kappa shape index (κ1) is 15.9. The fourth-order valence-electron chi connectivity index (χ4n) is 1.80. The Morgan fingerprint density at radius 1 is 1.19 bits per heavy atom. The number of benzene rings is 1. The molecule has 0 aliphatic rings. The summed E-state index contributed by atoms with van der Waals surface area (Å²) in [5.41, 5.74) is -0.0825. The first-order valence-electron chi connectivity index (χ1n) is 6.31. The zero-order valence-corrected chi connectivity index (χ0v) is 13.1. The highest BCUT2D eigenvalue weighted by Crippen LogP contribution is 2.41. The molecule has 0 saturated carbocycles. The van der Waals surface area contributed by atoms with Crippen LogP contribution in [0.15, 0.2) is 36.4 Å². The van der Waals surface area contributed by atoms with Gasteiger partial charge in [0, 0.05) is 11.3 Å². The molecule has 0 radical (unpaired) electrons. The number of hydrogen-bond donors (Lipinski definition) is 2. The van der Waals surface area contributed by atoms with Crippen molar-refractivity contribution in [1.29, 1.82) is 0 Å². The molecule has 112 valence electrons. The Balaban J connectivity index is 2.09. The lowest BCUT2D eigenvalue weighted by atomic mass is 10.1. The molecule has 0 spiro atoms. The summed E-state index contributed by atoms with van der Waals surface area (Å²) in [6, 6.07) is 10.8. The van der Waals surface area contributed by atoms with E-state index in [1.807, 2.05) is 31.2 Å². The minimum Gasteiger partial charge on any atom is -0.494 e. The zero-order chi connectivity index (χ0) is 15.5. The second kappa shape index (κ2) is 6.54. The largest absolute Gasteiger partial charge is 0.494 e. The standard InChI is InChI=1S/C14H15O5PS/c1-2-19-11-5-3-10(4-6-11)9-12-7-8-13(21-12)14(15)20(16,17)18/h3-8H,2,9H2,1H3,(H2,16,17,18). The molecular formula is C14H15O5PS. The number of hydrogen-bond acceptors (Lipinski definition) is 4. The lowest BCUT2D eigenvalue weighted by Crippen LogP contribution is -1.96. The summed E-state index contributed by atoms with van der Waals surface area (Å²) < 4.78 is 16.3. The van der Waals surface area contributed by atoms with Gasteiger partial charge in [-0.15, -0.1) is 11.3 Å². The van der Waals surface area contributed by atoms with Gasteiger partial charge in [0.25, 0.3) is 5.52 Å². The first-order chi connectivity index (χ1) is 9.90. The number of rotatable bonds is 6. The number of thiophene rings is 1. The first-order valence-corrected chi connectivity index (χ1v) is 8.74. The fraction of sp³-hybridized carbons (Fsp3) is 0.214. The molecule has 1 heterocycles. The molecule has 21 heavy (non-hydrogen) atoms. The Bertz CT molecular complexity index is 671. The average molecular weight is 326 g/mol. The normalized spacial score (nSPS) is 11.4. The van der Waals surface area contributed by atoms with Crippen molar-refractivity contribution in [3.63, 3.8) is 0 Å². The maximum absolute atomic E-state index is 11.5. The molecule has 0 amide bonds. The van der Waals surface area contributed by atoms with E-state index in [1.54, 1.807) is 6.07 Å². The van der Waals surface area contributed by atoms with Crippen LogP contribution in [-0.4, -0.2) is 21.9 Å². The van der Waals surface area contributed by atoms with Crippen LogP contribution in [0.3, 0.4) is 0 Å². The summed E-state index contributed by atoms with van der Waals surface area (Å²) in [6.45, 7) is 2.53. The predicted molar refractivity (Wildman–Crippen MR) is 81.1 cm³/mol. The third kappa shape index (κ3) is 4.25. The summed E-state index contributed by atoms with van der Waals surface area (Å²) in [6.07, 6.45) is 0.603. The molecular weight excluding hydrogens is 311 g/mol. The van der Waals surface area contributed by atoms with Crippen molar-refractivity contribution in [2.75, 3.05) is 6.61 Å². The second-order valence-electron chi connectivity index (χ2n) is 4.37. The lowest BCUT2D eigenvalue weighted by molar-refractivity contribution is 0.104. The predicted octanol–water partition coefficient (Wildman–Crippen LogP) is 3.06. The molecule has 2 rings (SSSR count). The van der Waals surface area contributed by atoms with Crippen LogP contribution < -0.4 is 4.74 Å². The smallest absolute Gasteiger partial charge is 0.397 e. The van der Waals surface area contributed by atoms with E-state index in [0.717, 1.165) is 27.5 Å². The fourth-order valence-corrected chi connectivity index (χ4v) is 3.54. The van der Waals surface area contributed by atoms with Crippen LogP contribution in [0.2, 0.25) is 0 Å². The van der Waals surface area contributed by atoms with Gasteiger partial charge >= 0.3 is 7.60 Å². The Hall–Kier alpha value is -1.46. The van der Waals surface area contributed by atoms with Crippen LogP contribution in [0.4, 0.5) is 0 Å². The maximum atomic E-state index is 11.5. The minimum atomic E-state index is -4.71. The zero-order valence-electron chi connectivity index (χ0n) is 11.4. The summed E-state index contributed by atoms with van der Waals surface area (Å²) in [7, 11) is -4.71. The van der Waals surface area contributed by atoms with Crippen LogP contribution in [0, 0.1) is 0 Å². The highest BCUT2D eigenvalue weighted by Gasteiger charge is 2.28. The molecule has 7 heteroatoms. The molecule has 1 aromatic carbocycles. The quantitative estimate of drug-likeness (QED) is 0.797. The van der Waals surface area contributed by atoms with Crippen molar-refractivity contribution in [3.05, 3.63) is 51.7 Å². The molecule has 0 unspecified atom stereocenters. The monoisotopic (exact) mass is 326 g/mol. The van der Waals surface area contributed by atoms with E-state index in [-0.39, 0.29) is 4.88 Å². The van der Waals surface area contributed by atoms with E-state index in [2.05, 4.69) is 0 Å². The minimum absolute atomic E-state index is 0.0873. The van der Waals surface area contributed by atoms with Crippen LogP contribution in [0.1, 0.15) is 27.0 Å². The molecule has 0 bridgehead atoms. The Morgan fingerprint density at radius 3 is 2.43 bits per heavy atom. The van der Waals surface area contributed by atoms with Gasteiger partial charge in [0.15, 0.2) is 0 Å². The molecule has 0 aliphatic heterocycles. The molecule has 0 atom stereocenters. The number of carbonyl (C=O) groups excluding carboxylic acids is 1. The lowest BCUT2D eigenvalue weighted by Gasteiger charge is -2.04. The second-order valence-corrected chi connectivity index (χ2v) is 7.03. The molecule has 0 saturated heterocycles. The third-order valence-electron chi connectivity index (χ3n) is 2.75. The van der Waals surface area contributed by atoms with Gasteiger partial charge in [0.1, 0.15) is 5.75 Å². The molecule has 0 fully saturated rings. The van der Waals surface area contributed by atoms with Crippen molar-refractivity contribution < 1.29 is 23.9 Å². The summed E-state index contributed by atoms with van der Waals surface area (Å²) >= 11 is 1.10. The highest BCUT2D eigenvalue weighted by molar-refractivity contribution is 7.71. The number of ether oxygens (including phenoxy) is 1. The summed E-state index contributed by atoms with van der Waals surface area (Å²) in [4.78, 5) is 30.2.